The number of carbonyl (C=O) groups is 1. The van der Waals surface area contributed by atoms with Crippen molar-refractivity contribution in [2.24, 2.45) is 0 Å². The van der Waals surface area contributed by atoms with E-state index >= 15 is 0 Å². The number of nitrogens with zero attached hydrogens (tertiary/aromatic N) is 5. The lowest BCUT2D eigenvalue weighted by atomic mass is 10.1. The van der Waals surface area contributed by atoms with Gasteiger partial charge in [-0.1, -0.05) is 47.1 Å². The molecule has 1 aliphatic rings. The van der Waals surface area contributed by atoms with Crippen molar-refractivity contribution in [1.82, 2.24) is 19.8 Å². The van der Waals surface area contributed by atoms with Gasteiger partial charge in [0.25, 0.3) is 5.56 Å². The second-order valence-corrected chi connectivity index (χ2v) is 7.94. The number of rotatable bonds is 4. The highest BCUT2D eigenvalue weighted by molar-refractivity contribution is 6.33. The van der Waals surface area contributed by atoms with E-state index in [1.54, 1.807) is 23.2 Å². The first kappa shape index (κ1) is 20.3. The van der Waals surface area contributed by atoms with E-state index in [1.807, 2.05) is 47.4 Å². The predicted octanol–water partition coefficient (Wildman–Crippen LogP) is 2.92. The smallest absolute Gasteiger partial charge is 0.292 e. The summed E-state index contributed by atoms with van der Waals surface area (Å²) in [6, 6.07) is 16.6. The van der Waals surface area contributed by atoms with Gasteiger partial charge in [0.05, 0.1) is 24.0 Å². The molecule has 162 valence electrons. The maximum atomic E-state index is 12.8. The average Bonchev–Trinajstić information content (AvgIpc) is 3.24. The Bertz CT molecular complexity index is 1330. The van der Waals surface area contributed by atoms with Crippen LogP contribution >= 0.6 is 11.6 Å². The summed E-state index contributed by atoms with van der Waals surface area (Å²) in [4.78, 5) is 29.3. The van der Waals surface area contributed by atoms with Gasteiger partial charge in [-0.3, -0.25) is 9.59 Å². The van der Waals surface area contributed by atoms with Crippen molar-refractivity contribution in [3.63, 3.8) is 0 Å². The van der Waals surface area contributed by atoms with Crippen LogP contribution in [0.5, 0.6) is 0 Å². The molecule has 0 N–H and O–H groups in total. The number of aromatic nitrogens is 3. The van der Waals surface area contributed by atoms with Crippen LogP contribution in [0.2, 0.25) is 5.02 Å². The molecule has 0 atom stereocenters. The highest BCUT2D eigenvalue weighted by Gasteiger charge is 2.25. The van der Waals surface area contributed by atoms with E-state index in [9.17, 15) is 9.59 Å². The summed E-state index contributed by atoms with van der Waals surface area (Å²) >= 11 is 6.42. The first-order valence-electron chi connectivity index (χ1n) is 10.3. The Morgan fingerprint density at radius 1 is 1.00 bits per heavy atom. The zero-order valence-electron chi connectivity index (χ0n) is 17.1. The van der Waals surface area contributed by atoms with Crippen LogP contribution in [-0.2, 0) is 11.2 Å². The Hall–Kier alpha value is -3.65. The topological polar surface area (TPSA) is 84.5 Å². The fraction of sp³-hybridized carbons (Fsp3) is 0.217. The molecule has 1 fully saturated rings. The second kappa shape index (κ2) is 8.47. The molecule has 1 amide bonds. The third kappa shape index (κ3) is 3.73. The second-order valence-electron chi connectivity index (χ2n) is 7.57. The maximum Gasteiger partial charge on any atom is 0.292 e. The van der Waals surface area contributed by atoms with Crippen molar-refractivity contribution in [3.05, 3.63) is 81.9 Å². The minimum atomic E-state index is -0.369. The van der Waals surface area contributed by atoms with Crippen molar-refractivity contribution in [2.75, 3.05) is 31.1 Å². The van der Waals surface area contributed by atoms with E-state index in [0.717, 1.165) is 5.39 Å². The molecule has 0 saturated carbocycles. The van der Waals surface area contributed by atoms with Crippen LogP contribution < -0.4 is 10.5 Å². The molecule has 4 aromatic rings. The summed E-state index contributed by atoms with van der Waals surface area (Å²) in [7, 11) is 0. The first-order chi connectivity index (χ1) is 15.6. The number of halogens is 1. The standard InChI is InChI=1S/C23H20ClN5O3/c24-22-19(15-25-29(23(22)31)16-6-2-1-3-7-16)27-10-12-28(13-11-27)21(30)14-18-17-8-4-5-9-20(17)32-26-18/h1-9,15H,10-14H2. The highest BCUT2D eigenvalue weighted by atomic mass is 35.5. The van der Waals surface area contributed by atoms with E-state index in [0.29, 0.717) is 48.8 Å². The summed E-state index contributed by atoms with van der Waals surface area (Å²) in [5.41, 5.74) is 2.18. The van der Waals surface area contributed by atoms with Gasteiger partial charge in [0, 0.05) is 31.6 Å². The molecular formula is C23H20ClN5O3. The van der Waals surface area contributed by atoms with Crippen molar-refractivity contribution >= 4 is 34.2 Å². The summed E-state index contributed by atoms with van der Waals surface area (Å²) < 4.78 is 6.58. The highest BCUT2D eigenvalue weighted by Crippen LogP contribution is 2.24. The molecule has 1 aliphatic heterocycles. The Labute approximate surface area is 188 Å². The summed E-state index contributed by atoms with van der Waals surface area (Å²) in [5, 5.41) is 9.33. The van der Waals surface area contributed by atoms with Gasteiger partial charge in [0.15, 0.2) is 5.58 Å². The van der Waals surface area contributed by atoms with E-state index in [4.69, 9.17) is 16.1 Å². The lowest BCUT2D eigenvalue weighted by Gasteiger charge is -2.36. The van der Waals surface area contributed by atoms with Gasteiger partial charge < -0.3 is 14.3 Å². The van der Waals surface area contributed by atoms with Crippen LogP contribution in [0, 0.1) is 0 Å². The molecular weight excluding hydrogens is 430 g/mol. The minimum absolute atomic E-state index is 0.00702. The number of benzene rings is 2. The van der Waals surface area contributed by atoms with Gasteiger partial charge >= 0.3 is 0 Å². The van der Waals surface area contributed by atoms with Gasteiger partial charge in [-0.05, 0) is 24.3 Å². The lowest BCUT2D eigenvalue weighted by molar-refractivity contribution is -0.130. The molecule has 1 saturated heterocycles. The Kier molecular flexibility index (Phi) is 5.36. The number of anilines is 1. The fourth-order valence-electron chi connectivity index (χ4n) is 3.92. The predicted molar refractivity (Wildman–Crippen MR) is 121 cm³/mol. The molecule has 0 aliphatic carbocycles. The Morgan fingerprint density at radius 3 is 2.50 bits per heavy atom. The summed E-state index contributed by atoms with van der Waals surface area (Å²) in [5.74, 6) is -0.00702. The SMILES string of the molecule is O=C(Cc1noc2ccccc12)N1CCN(c2cnn(-c3ccccc3)c(=O)c2Cl)CC1. The molecule has 5 rings (SSSR count). The molecule has 9 heteroatoms. The third-order valence-electron chi connectivity index (χ3n) is 5.65. The number of amides is 1. The molecule has 3 heterocycles. The van der Waals surface area contributed by atoms with Gasteiger partial charge in [0.1, 0.15) is 10.7 Å². The molecule has 0 unspecified atom stereocenters. The molecule has 2 aromatic heterocycles. The van der Waals surface area contributed by atoms with Crippen molar-refractivity contribution < 1.29 is 9.32 Å². The summed E-state index contributed by atoms with van der Waals surface area (Å²) in [6.07, 6.45) is 1.79. The summed E-state index contributed by atoms with van der Waals surface area (Å²) in [6.45, 7) is 2.16. The van der Waals surface area contributed by atoms with Gasteiger partial charge in [-0.15, -0.1) is 0 Å². The molecule has 0 spiro atoms. The van der Waals surface area contributed by atoms with Crippen molar-refractivity contribution in [3.8, 4) is 5.69 Å². The van der Waals surface area contributed by atoms with Gasteiger partial charge in [0.2, 0.25) is 5.91 Å². The largest absolute Gasteiger partial charge is 0.365 e. The normalized spacial score (nSPS) is 14.2. The van der Waals surface area contributed by atoms with Crippen molar-refractivity contribution in [1.29, 1.82) is 0 Å². The molecule has 0 bridgehead atoms. The zero-order chi connectivity index (χ0) is 22.1. The monoisotopic (exact) mass is 449 g/mol. The quantitative estimate of drug-likeness (QED) is 0.476. The molecule has 2 aromatic carbocycles. The first-order valence-corrected chi connectivity index (χ1v) is 10.7. The molecule has 32 heavy (non-hydrogen) atoms. The molecule has 0 radical (unpaired) electrons. The fourth-order valence-corrected chi connectivity index (χ4v) is 4.16. The third-order valence-corrected chi connectivity index (χ3v) is 6.00. The molecule has 8 nitrogen and oxygen atoms in total. The maximum absolute atomic E-state index is 12.8. The van der Waals surface area contributed by atoms with Gasteiger partial charge in [-0.25, -0.2) is 0 Å². The minimum Gasteiger partial charge on any atom is -0.365 e. The number of carbonyl (C=O) groups excluding carboxylic acids is 1. The number of hydrogen-bond donors (Lipinski definition) is 0. The Balaban J connectivity index is 1.27. The lowest BCUT2D eigenvalue weighted by Crippen LogP contribution is -2.49. The number of piperazine rings is 1. The van der Waals surface area contributed by atoms with Crippen LogP contribution in [0.4, 0.5) is 5.69 Å². The van der Waals surface area contributed by atoms with Crippen molar-refractivity contribution in [2.45, 2.75) is 6.42 Å². The van der Waals surface area contributed by atoms with Crippen LogP contribution in [0.25, 0.3) is 16.7 Å². The number of para-hydroxylation sites is 2. The number of hydrogen-bond acceptors (Lipinski definition) is 6. The van der Waals surface area contributed by atoms with E-state index < -0.39 is 0 Å². The zero-order valence-corrected chi connectivity index (χ0v) is 17.9. The van der Waals surface area contributed by atoms with Crippen LogP contribution in [0.3, 0.4) is 0 Å². The number of fused-ring (bicyclic) bond motifs is 1. The van der Waals surface area contributed by atoms with E-state index in [1.165, 1.54) is 4.68 Å². The van der Waals surface area contributed by atoms with Crippen LogP contribution in [-0.4, -0.2) is 51.9 Å². The van der Waals surface area contributed by atoms with Crippen LogP contribution in [0.15, 0.2) is 70.1 Å². The van der Waals surface area contributed by atoms with Crippen LogP contribution in [0.1, 0.15) is 5.69 Å². The van der Waals surface area contributed by atoms with Gasteiger partial charge in [-0.2, -0.15) is 9.78 Å². The Morgan fingerprint density at radius 2 is 1.72 bits per heavy atom. The van der Waals surface area contributed by atoms with E-state index in [-0.39, 0.29) is 22.9 Å². The average molecular weight is 450 g/mol. The van der Waals surface area contributed by atoms with E-state index in [2.05, 4.69) is 10.3 Å².